The van der Waals surface area contributed by atoms with E-state index >= 15 is 0 Å². The minimum atomic E-state index is -0.392. The molecule has 2 rings (SSSR count). The van der Waals surface area contributed by atoms with Crippen LogP contribution in [0.5, 0.6) is 0 Å². The van der Waals surface area contributed by atoms with Crippen LogP contribution < -0.4 is 0 Å². The van der Waals surface area contributed by atoms with Gasteiger partial charge in [-0.05, 0) is 37.3 Å². The standard InChI is InChI=1S/C18H22O/c1-13-4-8-16(9-5-13)15(3)12-18(19)17-10-6-14(2)7-11-17/h4-11,15,18-19H,12H2,1-3H3. The number of aryl methyl sites for hydroxylation is 2. The largest absolute Gasteiger partial charge is 0.388 e. The molecular weight excluding hydrogens is 232 g/mol. The Hall–Kier alpha value is -1.60. The molecule has 2 aromatic carbocycles. The van der Waals surface area contributed by atoms with Gasteiger partial charge in [0, 0.05) is 0 Å². The topological polar surface area (TPSA) is 20.2 Å². The van der Waals surface area contributed by atoms with E-state index in [2.05, 4.69) is 57.2 Å². The molecule has 0 amide bonds. The van der Waals surface area contributed by atoms with Crippen LogP contribution in [0.1, 0.15) is 47.6 Å². The highest BCUT2D eigenvalue weighted by Gasteiger charge is 2.13. The Morgan fingerprint density at radius 1 is 0.789 bits per heavy atom. The predicted molar refractivity (Wildman–Crippen MR) is 80.3 cm³/mol. The first-order valence-corrected chi connectivity index (χ1v) is 6.87. The van der Waals surface area contributed by atoms with Gasteiger partial charge in [-0.2, -0.15) is 0 Å². The Labute approximate surface area is 115 Å². The van der Waals surface area contributed by atoms with Crippen molar-refractivity contribution in [1.82, 2.24) is 0 Å². The molecule has 2 unspecified atom stereocenters. The lowest BCUT2D eigenvalue weighted by atomic mass is 9.91. The van der Waals surface area contributed by atoms with Gasteiger partial charge in [0.1, 0.15) is 0 Å². The lowest BCUT2D eigenvalue weighted by Crippen LogP contribution is -2.03. The van der Waals surface area contributed by atoms with Gasteiger partial charge >= 0.3 is 0 Å². The Kier molecular flexibility index (Phi) is 4.39. The molecule has 0 heterocycles. The van der Waals surface area contributed by atoms with Crippen LogP contribution in [0.2, 0.25) is 0 Å². The normalized spacial score (nSPS) is 14.1. The summed E-state index contributed by atoms with van der Waals surface area (Å²) in [5, 5.41) is 10.3. The van der Waals surface area contributed by atoms with Crippen molar-refractivity contribution in [2.75, 3.05) is 0 Å². The average Bonchev–Trinajstić information content (AvgIpc) is 2.40. The molecule has 0 radical (unpaired) electrons. The van der Waals surface area contributed by atoms with Crippen LogP contribution in [0.4, 0.5) is 0 Å². The van der Waals surface area contributed by atoms with E-state index in [1.165, 1.54) is 16.7 Å². The van der Waals surface area contributed by atoms with Crippen molar-refractivity contribution in [3.63, 3.8) is 0 Å². The van der Waals surface area contributed by atoms with Crippen LogP contribution in [0.3, 0.4) is 0 Å². The Balaban J connectivity index is 2.03. The van der Waals surface area contributed by atoms with E-state index in [-0.39, 0.29) is 0 Å². The monoisotopic (exact) mass is 254 g/mol. The van der Waals surface area contributed by atoms with E-state index in [1.54, 1.807) is 0 Å². The molecular formula is C18H22O. The zero-order valence-corrected chi connectivity index (χ0v) is 11.9. The number of hydrogen-bond acceptors (Lipinski definition) is 1. The summed E-state index contributed by atoms with van der Waals surface area (Å²) >= 11 is 0. The Bertz CT molecular complexity index is 461. The number of aliphatic hydroxyl groups is 1. The molecule has 2 aromatic rings. The van der Waals surface area contributed by atoms with E-state index in [0.29, 0.717) is 5.92 Å². The smallest absolute Gasteiger partial charge is 0.0795 e. The molecule has 0 spiro atoms. The van der Waals surface area contributed by atoms with Gasteiger partial charge in [-0.15, -0.1) is 0 Å². The molecule has 0 bridgehead atoms. The van der Waals surface area contributed by atoms with Crippen molar-refractivity contribution < 1.29 is 5.11 Å². The van der Waals surface area contributed by atoms with E-state index in [0.717, 1.165) is 12.0 Å². The minimum Gasteiger partial charge on any atom is -0.388 e. The SMILES string of the molecule is Cc1ccc(C(C)CC(O)c2ccc(C)cc2)cc1. The van der Waals surface area contributed by atoms with Crippen molar-refractivity contribution in [3.05, 3.63) is 70.8 Å². The molecule has 0 aliphatic heterocycles. The fourth-order valence-corrected chi connectivity index (χ4v) is 2.29. The third kappa shape index (κ3) is 3.68. The third-order valence-electron chi connectivity index (χ3n) is 3.69. The van der Waals surface area contributed by atoms with Crippen molar-refractivity contribution >= 4 is 0 Å². The van der Waals surface area contributed by atoms with E-state index < -0.39 is 6.10 Å². The molecule has 0 saturated heterocycles. The van der Waals surface area contributed by atoms with Gasteiger partial charge < -0.3 is 5.11 Å². The lowest BCUT2D eigenvalue weighted by molar-refractivity contribution is 0.159. The summed E-state index contributed by atoms with van der Waals surface area (Å²) in [7, 11) is 0. The molecule has 0 saturated carbocycles. The summed E-state index contributed by atoms with van der Waals surface area (Å²) < 4.78 is 0. The van der Waals surface area contributed by atoms with Crippen LogP contribution in [0, 0.1) is 13.8 Å². The zero-order valence-electron chi connectivity index (χ0n) is 11.9. The van der Waals surface area contributed by atoms with Gasteiger partial charge in [0.15, 0.2) is 0 Å². The van der Waals surface area contributed by atoms with Crippen molar-refractivity contribution in [3.8, 4) is 0 Å². The van der Waals surface area contributed by atoms with Gasteiger partial charge in [-0.1, -0.05) is 66.6 Å². The van der Waals surface area contributed by atoms with Crippen LogP contribution in [0.15, 0.2) is 48.5 Å². The highest BCUT2D eigenvalue weighted by molar-refractivity contribution is 5.26. The first-order chi connectivity index (χ1) is 9.06. The molecule has 19 heavy (non-hydrogen) atoms. The molecule has 1 N–H and O–H groups in total. The summed E-state index contributed by atoms with van der Waals surface area (Å²) in [6, 6.07) is 16.7. The second kappa shape index (κ2) is 6.03. The maximum Gasteiger partial charge on any atom is 0.0795 e. The minimum absolute atomic E-state index is 0.358. The van der Waals surface area contributed by atoms with Crippen LogP contribution >= 0.6 is 0 Å². The van der Waals surface area contributed by atoms with Crippen LogP contribution in [-0.4, -0.2) is 5.11 Å². The van der Waals surface area contributed by atoms with Crippen molar-refractivity contribution in [2.24, 2.45) is 0 Å². The zero-order chi connectivity index (χ0) is 13.8. The molecule has 0 aromatic heterocycles. The Morgan fingerprint density at radius 2 is 1.21 bits per heavy atom. The van der Waals surface area contributed by atoms with E-state index in [9.17, 15) is 5.11 Å². The highest BCUT2D eigenvalue weighted by Crippen LogP contribution is 2.28. The second-order valence-electron chi connectivity index (χ2n) is 5.47. The number of benzene rings is 2. The van der Waals surface area contributed by atoms with Crippen LogP contribution in [0.25, 0.3) is 0 Å². The maximum atomic E-state index is 10.3. The molecule has 0 aliphatic rings. The summed E-state index contributed by atoms with van der Waals surface area (Å²) in [6.45, 7) is 6.32. The van der Waals surface area contributed by atoms with Gasteiger partial charge in [-0.25, -0.2) is 0 Å². The number of aliphatic hydroxyl groups excluding tert-OH is 1. The summed E-state index contributed by atoms with van der Waals surface area (Å²) in [4.78, 5) is 0. The Morgan fingerprint density at radius 3 is 1.68 bits per heavy atom. The first-order valence-electron chi connectivity index (χ1n) is 6.87. The predicted octanol–water partition coefficient (Wildman–Crippen LogP) is 4.53. The van der Waals surface area contributed by atoms with Crippen molar-refractivity contribution in [2.45, 2.75) is 39.2 Å². The molecule has 2 atom stereocenters. The average molecular weight is 254 g/mol. The molecule has 1 nitrogen and oxygen atoms in total. The van der Waals surface area contributed by atoms with Crippen LogP contribution in [-0.2, 0) is 0 Å². The van der Waals surface area contributed by atoms with Gasteiger partial charge in [0.2, 0.25) is 0 Å². The quantitative estimate of drug-likeness (QED) is 0.849. The summed E-state index contributed by atoms with van der Waals surface area (Å²) in [5.74, 6) is 0.358. The lowest BCUT2D eigenvalue weighted by Gasteiger charge is -2.17. The van der Waals surface area contributed by atoms with E-state index in [1.807, 2.05) is 12.1 Å². The maximum absolute atomic E-state index is 10.3. The number of hydrogen-bond donors (Lipinski definition) is 1. The molecule has 100 valence electrons. The van der Waals surface area contributed by atoms with Gasteiger partial charge in [-0.3, -0.25) is 0 Å². The summed E-state index contributed by atoms with van der Waals surface area (Å²) in [6.07, 6.45) is 0.364. The second-order valence-corrected chi connectivity index (χ2v) is 5.47. The van der Waals surface area contributed by atoms with Gasteiger partial charge in [0.25, 0.3) is 0 Å². The van der Waals surface area contributed by atoms with Crippen molar-refractivity contribution in [1.29, 1.82) is 0 Å². The third-order valence-corrected chi connectivity index (χ3v) is 3.69. The fraction of sp³-hybridized carbons (Fsp3) is 0.333. The molecule has 1 heteroatoms. The molecule has 0 aliphatic carbocycles. The number of rotatable bonds is 4. The van der Waals surface area contributed by atoms with Gasteiger partial charge in [0.05, 0.1) is 6.10 Å². The summed E-state index contributed by atoms with van der Waals surface area (Å²) in [5.41, 5.74) is 4.79. The molecule has 0 fully saturated rings. The fourth-order valence-electron chi connectivity index (χ4n) is 2.29. The van der Waals surface area contributed by atoms with E-state index in [4.69, 9.17) is 0 Å². The highest BCUT2D eigenvalue weighted by atomic mass is 16.3. The first kappa shape index (κ1) is 13.8.